The summed E-state index contributed by atoms with van der Waals surface area (Å²) in [6.07, 6.45) is 0.0382. The Hall–Kier alpha value is -3.54. The highest BCUT2D eigenvalue weighted by Crippen LogP contribution is 2.16. The Balaban J connectivity index is 1.81. The summed E-state index contributed by atoms with van der Waals surface area (Å²) >= 11 is 0. The van der Waals surface area contributed by atoms with Gasteiger partial charge in [0.25, 0.3) is 0 Å². The fourth-order valence-corrected chi connectivity index (χ4v) is 3.59. The second-order valence-electron chi connectivity index (χ2n) is 7.05. The second kappa shape index (κ2) is 9.51. The first-order chi connectivity index (χ1) is 14.7. The summed E-state index contributed by atoms with van der Waals surface area (Å²) in [4.78, 5) is 14.6. The molecule has 0 aliphatic rings. The van der Waals surface area contributed by atoms with Crippen molar-refractivity contribution in [3.05, 3.63) is 101 Å². The number of hydrogen-bond donors (Lipinski definition) is 1. The number of hydrogen-bond acceptors (Lipinski definition) is 4. The first-order valence-corrected chi connectivity index (χ1v) is 10.9. The zero-order chi connectivity index (χ0) is 22.4. The van der Waals surface area contributed by atoms with Crippen molar-refractivity contribution >= 4 is 15.9 Å². The van der Waals surface area contributed by atoms with Crippen LogP contribution in [0.4, 0.5) is 4.39 Å². The summed E-state index contributed by atoms with van der Waals surface area (Å²) in [6.45, 7) is 0.474. The Labute approximate surface area is 180 Å². The molecule has 8 heteroatoms. The van der Waals surface area contributed by atoms with Crippen LogP contribution in [0.1, 0.15) is 22.3 Å². The van der Waals surface area contributed by atoms with Crippen molar-refractivity contribution in [2.24, 2.45) is 5.14 Å². The maximum atomic E-state index is 13.6. The first kappa shape index (κ1) is 22.2. The van der Waals surface area contributed by atoms with Crippen molar-refractivity contribution in [3.8, 4) is 6.07 Å². The molecule has 0 saturated heterocycles. The number of rotatable bonds is 7. The van der Waals surface area contributed by atoms with Crippen LogP contribution in [0, 0.1) is 17.1 Å². The largest absolute Gasteiger partial charge is 0.334 e. The summed E-state index contributed by atoms with van der Waals surface area (Å²) in [7, 11) is -3.81. The van der Waals surface area contributed by atoms with Crippen LogP contribution < -0.4 is 5.14 Å². The number of halogens is 1. The zero-order valence-electron chi connectivity index (χ0n) is 16.5. The van der Waals surface area contributed by atoms with Crippen molar-refractivity contribution in [2.45, 2.75) is 24.4 Å². The maximum Gasteiger partial charge on any atom is 0.238 e. The molecule has 158 valence electrons. The predicted octanol–water partition coefficient (Wildman–Crippen LogP) is 3.12. The highest BCUT2D eigenvalue weighted by molar-refractivity contribution is 7.89. The molecular weight excluding hydrogens is 417 g/mol. The minimum atomic E-state index is -3.81. The monoisotopic (exact) mass is 437 g/mol. The quantitative estimate of drug-likeness (QED) is 0.613. The molecule has 0 bridgehead atoms. The summed E-state index contributed by atoms with van der Waals surface area (Å²) < 4.78 is 36.4. The molecule has 6 nitrogen and oxygen atoms in total. The number of sulfonamides is 1. The van der Waals surface area contributed by atoms with E-state index in [4.69, 9.17) is 10.4 Å². The molecular formula is C23H20FN3O3S. The predicted molar refractivity (Wildman–Crippen MR) is 113 cm³/mol. The summed E-state index contributed by atoms with van der Waals surface area (Å²) in [6, 6.07) is 20.8. The van der Waals surface area contributed by atoms with Crippen LogP contribution in [0.2, 0.25) is 0 Å². The van der Waals surface area contributed by atoms with Crippen LogP contribution in [0.15, 0.2) is 77.7 Å². The smallest absolute Gasteiger partial charge is 0.238 e. The fourth-order valence-electron chi connectivity index (χ4n) is 3.08. The van der Waals surface area contributed by atoms with Gasteiger partial charge in [-0.1, -0.05) is 36.4 Å². The third kappa shape index (κ3) is 6.22. The first-order valence-electron chi connectivity index (χ1n) is 9.37. The van der Waals surface area contributed by atoms with Gasteiger partial charge in [-0.25, -0.2) is 17.9 Å². The molecule has 0 atom stereocenters. The second-order valence-corrected chi connectivity index (χ2v) is 8.62. The van der Waals surface area contributed by atoms with E-state index >= 15 is 0 Å². The van der Waals surface area contributed by atoms with E-state index in [9.17, 15) is 17.6 Å². The molecule has 1 amide bonds. The lowest BCUT2D eigenvalue weighted by molar-refractivity contribution is -0.131. The molecule has 0 saturated carbocycles. The molecule has 0 spiro atoms. The van der Waals surface area contributed by atoms with E-state index in [2.05, 4.69) is 6.07 Å². The van der Waals surface area contributed by atoms with Crippen LogP contribution in [0.25, 0.3) is 0 Å². The molecule has 31 heavy (non-hydrogen) atoms. The van der Waals surface area contributed by atoms with Crippen LogP contribution in [-0.2, 0) is 34.3 Å². The number of nitriles is 1. The molecule has 0 fully saturated rings. The molecule has 0 radical (unpaired) electrons. The molecule has 3 rings (SSSR count). The fraction of sp³-hybridized carbons (Fsp3) is 0.130. The maximum absolute atomic E-state index is 13.6. The number of benzene rings is 3. The SMILES string of the molecule is N#Cc1ccc(CN(Cc2cccc(F)c2)C(=O)Cc2ccc(S(N)(=O)=O)cc2)cc1. The minimum absolute atomic E-state index is 0.0297. The Morgan fingerprint density at radius 3 is 2.13 bits per heavy atom. The third-order valence-electron chi connectivity index (χ3n) is 4.68. The van der Waals surface area contributed by atoms with Gasteiger partial charge in [0.2, 0.25) is 15.9 Å². The van der Waals surface area contributed by atoms with Gasteiger partial charge in [-0.3, -0.25) is 4.79 Å². The van der Waals surface area contributed by atoms with E-state index in [1.54, 1.807) is 53.4 Å². The average molecular weight is 437 g/mol. The number of carbonyl (C=O) groups is 1. The highest BCUT2D eigenvalue weighted by atomic mass is 32.2. The van der Waals surface area contributed by atoms with Crippen molar-refractivity contribution in [1.82, 2.24) is 4.90 Å². The standard InChI is InChI=1S/C23H20FN3O3S/c24-21-3-1-2-20(12-21)16-27(15-19-6-4-18(14-25)5-7-19)23(28)13-17-8-10-22(11-9-17)31(26,29)30/h1-12H,13,15-16H2,(H2,26,29,30). The van der Waals surface area contributed by atoms with E-state index in [0.29, 0.717) is 16.7 Å². The lowest BCUT2D eigenvalue weighted by atomic mass is 10.1. The van der Waals surface area contributed by atoms with Gasteiger partial charge in [0.1, 0.15) is 5.82 Å². The van der Waals surface area contributed by atoms with Crippen molar-refractivity contribution in [3.63, 3.8) is 0 Å². The number of carbonyl (C=O) groups excluding carboxylic acids is 1. The van der Waals surface area contributed by atoms with Gasteiger partial charge < -0.3 is 4.90 Å². The minimum Gasteiger partial charge on any atom is -0.334 e. The van der Waals surface area contributed by atoms with E-state index in [0.717, 1.165) is 5.56 Å². The highest BCUT2D eigenvalue weighted by Gasteiger charge is 2.17. The van der Waals surface area contributed by atoms with Gasteiger partial charge >= 0.3 is 0 Å². The molecule has 0 heterocycles. The summed E-state index contributed by atoms with van der Waals surface area (Å²) in [5, 5.41) is 14.1. The Morgan fingerprint density at radius 2 is 1.55 bits per heavy atom. The number of amides is 1. The molecule has 2 N–H and O–H groups in total. The third-order valence-corrected chi connectivity index (χ3v) is 5.61. The van der Waals surface area contributed by atoms with Gasteiger partial charge in [0, 0.05) is 13.1 Å². The van der Waals surface area contributed by atoms with Crippen molar-refractivity contribution < 1.29 is 17.6 Å². The summed E-state index contributed by atoms with van der Waals surface area (Å²) in [5.41, 5.74) is 2.61. The topological polar surface area (TPSA) is 104 Å². The van der Waals surface area contributed by atoms with E-state index in [1.807, 2.05) is 0 Å². The number of nitrogens with two attached hydrogens (primary N) is 1. The molecule has 0 unspecified atom stereocenters. The van der Waals surface area contributed by atoms with Crippen LogP contribution in [-0.4, -0.2) is 19.2 Å². The van der Waals surface area contributed by atoms with Crippen LogP contribution >= 0.6 is 0 Å². The van der Waals surface area contributed by atoms with Gasteiger partial charge in [0.05, 0.1) is 22.9 Å². The van der Waals surface area contributed by atoms with Gasteiger partial charge in [-0.05, 0) is 53.1 Å². The van der Waals surface area contributed by atoms with E-state index in [1.165, 1.54) is 24.3 Å². The molecule has 3 aromatic rings. The van der Waals surface area contributed by atoms with Crippen LogP contribution in [0.5, 0.6) is 0 Å². The normalized spacial score (nSPS) is 11.0. The number of nitrogens with zero attached hydrogens (tertiary/aromatic N) is 2. The van der Waals surface area contributed by atoms with Crippen LogP contribution in [0.3, 0.4) is 0 Å². The van der Waals surface area contributed by atoms with Crippen molar-refractivity contribution in [2.75, 3.05) is 0 Å². The van der Waals surface area contributed by atoms with E-state index < -0.39 is 10.0 Å². The molecule has 3 aromatic carbocycles. The Morgan fingerprint density at radius 1 is 0.935 bits per heavy atom. The van der Waals surface area contributed by atoms with Crippen molar-refractivity contribution in [1.29, 1.82) is 5.26 Å². The molecule has 0 aliphatic carbocycles. The summed E-state index contributed by atoms with van der Waals surface area (Å²) in [5.74, 6) is -0.598. The van der Waals surface area contributed by atoms with Gasteiger partial charge in [-0.2, -0.15) is 5.26 Å². The lowest BCUT2D eigenvalue weighted by Crippen LogP contribution is -2.31. The van der Waals surface area contributed by atoms with Gasteiger partial charge in [0.15, 0.2) is 0 Å². The lowest BCUT2D eigenvalue weighted by Gasteiger charge is -2.23. The zero-order valence-corrected chi connectivity index (χ0v) is 17.3. The Bertz CT molecular complexity index is 1220. The molecule has 0 aliphatic heterocycles. The Kier molecular flexibility index (Phi) is 6.80. The number of primary sulfonamides is 1. The molecule has 0 aromatic heterocycles. The van der Waals surface area contributed by atoms with Gasteiger partial charge in [-0.15, -0.1) is 0 Å². The average Bonchev–Trinajstić information content (AvgIpc) is 2.73. The van der Waals surface area contributed by atoms with E-state index in [-0.39, 0.29) is 36.1 Å².